The number of nitriles is 1. The van der Waals surface area contributed by atoms with E-state index in [0.717, 1.165) is 45.6 Å². The van der Waals surface area contributed by atoms with Gasteiger partial charge in [0.2, 0.25) is 5.91 Å². The van der Waals surface area contributed by atoms with Gasteiger partial charge in [0.25, 0.3) is 0 Å². The standard InChI is InChI=1S/C11H18N4O/c12-3-7-14-6-1-2-10(14)11(16)15-8-4-13-5-9-15/h10,13H,1-2,4-9H2. The summed E-state index contributed by atoms with van der Waals surface area (Å²) in [5.41, 5.74) is 0. The Kier molecular flexibility index (Phi) is 3.75. The van der Waals surface area contributed by atoms with Crippen molar-refractivity contribution in [2.75, 3.05) is 39.3 Å². The third-order valence-electron chi connectivity index (χ3n) is 3.35. The van der Waals surface area contributed by atoms with Crippen LogP contribution in [0.2, 0.25) is 0 Å². The molecular weight excluding hydrogens is 204 g/mol. The van der Waals surface area contributed by atoms with Crippen molar-refractivity contribution >= 4 is 5.91 Å². The predicted molar refractivity (Wildman–Crippen MR) is 59.7 cm³/mol. The average Bonchev–Trinajstić information content (AvgIpc) is 2.78. The van der Waals surface area contributed by atoms with Crippen LogP contribution in [0.1, 0.15) is 12.8 Å². The van der Waals surface area contributed by atoms with Gasteiger partial charge in [-0.05, 0) is 12.8 Å². The van der Waals surface area contributed by atoms with Gasteiger partial charge >= 0.3 is 0 Å². The highest BCUT2D eigenvalue weighted by Gasteiger charge is 2.33. The molecule has 0 radical (unpaired) electrons. The van der Waals surface area contributed by atoms with Gasteiger partial charge in [0.1, 0.15) is 0 Å². The summed E-state index contributed by atoms with van der Waals surface area (Å²) in [5.74, 6) is 0.217. The van der Waals surface area contributed by atoms with Gasteiger partial charge in [-0.25, -0.2) is 0 Å². The van der Waals surface area contributed by atoms with E-state index in [1.807, 2.05) is 9.80 Å². The molecule has 0 bridgehead atoms. The molecule has 88 valence electrons. The van der Waals surface area contributed by atoms with Crippen LogP contribution in [0.5, 0.6) is 0 Å². The largest absolute Gasteiger partial charge is 0.339 e. The van der Waals surface area contributed by atoms with Crippen LogP contribution < -0.4 is 5.32 Å². The summed E-state index contributed by atoms with van der Waals surface area (Å²) >= 11 is 0. The smallest absolute Gasteiger partial charge is 0.240 e. The van der Waals surface area contributed by atoms with Gasteiger partial charge in [0.15, 0.2) is 0 Å². The van der Waals surface area contributed by atoms with Crippen LogP contribution in [0.4, 0.5) is 0 Å². The number of likely N-dealkylation sites (tertiary alicyclic amines) is 1. The highest BCUT2D eigenvalue weighted by Crippen LogP contribution is 2.18. The quantitative estimate of drug-likeness (QED) is 0.634. The number of amides is 1. The number of rotatable bonds is 2. The minimum atomic E-state index is -0.0438. The number of carbonyl (C=O) groups excluding carboxylic acids is 1. The SMILES string of the molecule is N#CCN1CCCC1C(=O)N1CCNCC1. The Hall–Kier alpha value is -1.12. The number of nitrogens with one attached hydrogen (secondary N) is 1. The number of nitrogens with zero attached hydrogens (tertiary/aromatic N) is 3. The number of hydrogen-bond donors (Lipinski definition) is 1. The molecule has 2 aliphatic heterocycles. The minimum Gasteiger partial charge on any atom is -0.339 e. The zero-order valence-corrected chi connectivity index (χ0v) is 9.48. The Morgan fingerprint density at radius 3 is 2.81 bits per heavy atom. The highest BCUT2D eigenvalue weighted by atomic mass is 16.2. The molecule has 2 fully saturated rings. The Morgan fingerprint density at radius 1 is 1.38 bits per heavy atom. The third-order valence-corrected chi connectivity index (χ3v) is 3.35. The maximum absolute atomic E-state index is 12.2. The topological polar surface area (TPSA) is 59.4 Å². The van der Waals surface area contributed by atoms with E-state index in [2.05, 4.69) is 11.4 Å². The summed E-state index contributed by atoms with van der Waals surface area (Å²) in [6.07, 6.45) is 1.94. The van der Waals surface area contributed by atoms with E-state index in [4.69, 9.17) is 5.26 Å². The van der Waals surface area contributed by atoms with Crippen molar-refractivity contribution in [3.05, 3.63) is 0 Å². The van der Waals surface area contributed by atoms with Crippen LogP contribution in [-0.2, 0) is 4.79 Å². The second kappa shape index (κ2) is 5.28. The Morgan fingerprint density at radius 2 is 2.12 bits per heavy atom. The van der Waals surface area contributed by atoms with E-state index >= 15 is 0 Å². The molecule has 1 unspecified atom stereocenters. The number of carbonyl (C=O) groups is 1. The van der Waals surface area contributed by atoms with Crippen LogP contribution in [0.15, 0.2) is 0 Å². The summed E-state index contributed by atoms with van der Waals surface area (Å²) < 4.78 is 0. The lowest BCUT2D eigenvalue weighted by Gasteiger charge is -2.32. The minimum absolute atomic E-state index is 0.0438. The van der Waals surface area contributed by atoms with E-state index in [9.17, 15) is 4.79 Å². The normalized spacial score (nSPS) is 26.7. The van der Waals surface area contributed by atoms with Crippen LogP contribution >= 0.6 is 0 Å². The first-order valence-electron chi connectivity index (χ1n) is 5.93. The fourth-order valence-electron chi connectivity index (χ4n) is 2.48. The number of hydrogen-bond acceptors (Lipinski definition) is 4. The molecular formula is C11H18N4O. The molecule has 0 aromatic carbocycles. The van der Waals surface area contributed by atoms with Crippen molar-refractivity contribution in [2.24, 2.45) is 0 Å². The second-order valence-corrected chi connectivity index (χ2v) is 4.36. The number of piperazine rings is 1. The van der Waals surface area contributed by atoms with Crippen LogP contribution in [0, 0.1) is 11.3 Å². The van der Waals surface area contributed by atoms with E-state index in [-0.39, 0.29) is 11.9 Å². The second-order valence-electron chi connectivity index (χ2n) is 4.36. The molecule has 2 saturated heterocycles. The fourth-order valence-corrected chi connectivity index (χ4v) is 2.48. The Balaban J connectivity index is 1.94. The predicted octanol–water partition coefficient (Wildman–Crippen LogP) is -0.594. The molecule has 5 nitrogen and oxygen atoms in total. The molecule has 16 heavy (non-hydrogen) atoms. The maximum Gasteiger partial charge on any atom is 0.240 e. The first-order chi connectivity index (χ1) is 7.83. The van der Waals surface area contributed by atoms with E-state index in [0.29, 0.717) is 6.54 Å². The lowest BCUT2D eigenvalue weighted by atomic mass is 10.2. The first kappa shape index (κ1) is 11.4. The lowest BCUT2D eigenvalue weighted by molar-refractivity contribution is -0.136. The van der Waals surface area contributed by atoms with Gasteiger partial charge in [0.05, 0.1) is 18.7 Å². The van der Waals surface area contributed by atoms with Gasteiger partial charge in [-0.3, -0.25) is 9.69 Å². The zero-order valence-electron chi connectivity index (χ0n) is 9.48. The molecule has 1 N–H and O–H groups in total. The Labute approximate surface area is 96.0 Å². The van der Waals surface area contributed by atoms with Gasteiger partial charge in [0, 0.05) is 32.7 Å². The Bertz CT molecular complexity index is 293. The summed E-state index contributed by atoms with van der Waals surface area (Å²) in [5, 5.41) is 11.9. The van der Waals surface area contributed by atoms with E-state index in [1.54, 1.807) is 0 Å². The summed E-state index contributed by atoms with van der Waals surface area (Å²) in [4.78, 5) is 16.2. The van der Waals surface area contributed by atoms with E-state index < -0.39 is 0 Å². The van der Waals surface area contributed by atoms with Gasteiger partial charge in [-0.2, -0.15) is 5.26 Å². The molecule has 5 heteroatoms. The maximum atomic E-state index is 12.2. The molecule has 1 atom stereocenters. The van der Waals surface area contributed by atoms with Crippen molar-refractivity contribution in [3.8, 4) is 6.07 Å². The van der Waals surface area contributed by atoms with Gasteiger partial charge < -0.3 is 10.2 Å². The molecule has 0 aromatic rings. The lowest BCUT2D eigenvalue weighted by Crippen LogP contribution is -2.52. The summed E-state index contributed by atoms with van der Waals surface area (Å²) in [6, 6.07) is 2.10. The van der Waals surface area contributed by atoms with Crippen molar-refractivity contribution in [3.63, 3.8) is 0 Å². The zero-order chi connectivity index (χ0) is 11.4. The first-order valence-corrected chi connectivity index (χ1v) is 5.93. The van der Waals surface area contributed by atoms with Gasteiger partial charge in [-0.15, -0.1) is 0 Å². The molecule has 2 rings (SSSR count). The molecule has 0 aromatic heterocycles. The van der Waals surface area contributed by atoms with Crippen molar-refractivity contribution in [1.82, 2.24) is 15.1 Å². The monoisotopic (exact) mass is 222 g/mol. The van der Waals surface area contributed by atoms with Crippen molar-refractivity contribution < 1.29 is 4.79 Å². The molecule has 2 aliphatic rings. The van der Waals surface area contributed by atoms with Crippen LogP contribution in [0.3, 0.4) is 0 Å². The van der Waals surface area contributed by atoms with E-state index in [1.165, 1.54) is 0 Å². The molecule has 1 amide bonds. The highest BCUT2D eigenvalue weighted by molar-refractivity contribution is 5.82. The van der Waals surface area contributed by atoms with Crippen LogP contribution in [-0.4, -0.2) is 61.0 Å². The fraction of sp³-hybridized carbons (Fsp3) is 0.818. The van der Waals surface area contributed by atoms with Crippen LogP contribution in [0.25, 0.3) is 0 Å². The average molecular weight is 222 g/mol. The molecule has 2 heterocycles. The molecule has 0 aliphatic carbocycles. The summed E-state index contributed by atoms with van der Waals surface area (Å²) in [7, 11) is 0. The third kappa shape index (κ3) is 2.34. The molecule has 0 spiro atoms. The van der Waals surface area contributed by atoms with Crippen molar-refractivity contribution in [1.29, 1.82) is 5.26 Å². The summed E-state index contributed by atoms with van der Waals surface area (Å²) in [6.45, 7) is 4.64. The van der Waals surface area contributed by atoms with Crippen molar-refractivity contribution in [2.45, 2.75) is 18.9 Å². The molecule has 0 saturated carbocycles. The van der Waals surface area contributed by atoms with Gasteiger partial charge in [-0.1, -0.05) is 0 Å².